The summed E-state index contributed by atoms with van der Waals surface area (Å²) in [5.41, 5.74) is 1.32. The summed E-state index contributed by atoms with van der Waals surface area (Å²) < 4.78 is 0. The van der Waals surface area contributed by atoms with Gasteiger partial charge in [-0.15, -0.1) is 0 Å². The fourth-order valence-corrected chi connectivity index (χ4v) is 1.90. The maximum atomic E-state index is 4.48. The van der Waals surface area contributed by atoms with E-state index in [2.05, 4.69) is 48.9 Å². The van der Waals surface area contributed by atoms with E-state index in [1.54, 1.807) is 0 Å². The second kappa shape index (κ2) is 3.02. The topological polar surface area (TPSA) is 15.6 Å². The maximum absolute atomic E-state index is 4.48. The lowest BCUT2D eigenvalue weighted by Gasteiger charge is -2.29. The molecule has 2 unspecified atom stereocenters. The van der Waals surface area contributed by atoms with Crippen LogP contribution in [0.25, 0.3) is 0 Å². The van der Waals surface area contributed by atoms with E-state index >= 15 is 0 Å². The van der Waals surface area contributed by atoms with Crippen molar-refractivity contribution in [1.29, 1.82) is 0 Å². The number of rotatable bonds is 1. The molecule has 0 bridgehead atoms. The minimum absolute atomic E-state index is 0.354. The first kappa shape index (κ1) is 8.54. The van der Waals surface area contributed by atoms with E-state index in [1.807, 2.05) is 6.34 Å². The first-order valence-corrected chi connectivity index (χ1v) is 4.86. The molecular formula is C11H16N2. The van der Waals surface area contributed by atoms with Crippen molar-refractivity contribution in [2.24, 2.45) is 4.99 Å². The molecule has 0 fully saturated rings. The number of nitrogens with zero attached hydrogens (tertiary/aromatic N) is 2. The molecule has 0 amide bonds. The van der Waals surface area contributed by atoms with Gasteiger partial charge in [0.2, 0.25) is 0 Å². The second-order valence-electron chi connectivity index (χ2n) is 4.06. The lowest BCUT2D eigenvalue weighted by atomic mass is 9.98. The van der Waals surface area contributed by atoms with Gasteiger partial charge in [-0.3, -0.25) is 4.99 Å². The molecule has 1 heterocycles. The van der Waals surface area contributed by atoms with Crippen molar-refractivity contribution in [1.82, 2.24) is 4.90 Å². The minimum Gasteiger partial charge on any atom is -0.352 e. The van der Waals surface area contributed by atoms with Crippen LogP contribution in [0.15, 0.2) is 28.8 Å². The largest absolute Gasteiger partial charge is 0.352 e. The summed E-state index contributed by atoms with van der Waals surface area (Å²) >= 11 is 0. The van der Waals surface area contributed by atoms with E-state index in [0.717, 1.165) is 0 Å². The Morgan fingerprint density at radius 2 is 2.23 bits per heavy atom. The Morgan fingerprint density at radius 1 is 1.46 bits per heavy atom. The Balaban J connectivity index is 2.20. The highest BCUT2D eigenvalue weighted by Gasteiger charge is 2.29. The zero-order valence-corrected chi connectivity index (χ0v) is 8.44. The fraction of sp³-hybridized carbons (Fsp3) is 0.545. The van der Waals surface area contributed by atoms with Gasteiger partial charge in [-0.05, 0) is 20.8 Å². The van der Waals surface area contributed by atoms with Crippen LogP contribution in [-0.4, -0.2) is 29.4 Å². The van der Waals surface area contributed by atoms with E-state index < -0.39 is 0 Å². The third-order valence-corrected chi connectivity index (χ3v) is 2.65. The third kappa shape index (κ3) is 1.41. The molecule has 13 heavy (non-hydrogen) atoms. The maximum Gasteiger partial charge on any atom is 0.0942 e. The monoisotopic (exact) mass is 176 g/mol. The van der Waals surface area contributed by atoms with Crippen molar-refractivity contribution in [2.75, 3.05) is 0 Å². The summed E-state index contributed by atoms with van der Waals surface area (Å²) in [6.45, 7) is 6.53. The van der Waals surface area contributed by atoms with E-state index in [9.17, 15) is 0 Å². The summed E-state index contributed by atoms with van der Waals surface area (Å²) in [5, 5.41) is 0. The molecule has 2 heteroatoms. The first-order valence-electron chi connectivity index (χ1n) is 4.86. The zero-order chi connectivity index (χ0) is 9.42. The normalized spacial score (nSPS) is 31.1. The number of aliphatic imine (C=N–C) groups is 1. The van der Waals surface area contributed by atoms with Crippen molar-refractivity contribution in [3.05, 3.63) is 23.8 Å². The van der Waals surface area contributed by atoms with Gasteiger partial charge in [-0.1, -0.05) is 23.8 Å². The van der Waals surface area contributed by atoms with Gasteiger partial charge in [0, 0.05) is 6.04 Å². The van der Waals surface area contributed by atoms with Crippen LogP contribution in [0.5, 0.6) is 0 Å². The average molecular weight is 176 g/mol. The molecule has 0 saturated carbocycles. The van der Waals surface area contributed by atoms with E-state index in [4.69, 9.17) is 0 Å². The SMILES string of the molecule is CC1=CC2N=CN(C(C)C)C2C=C1. The van der Waals surface area contributed by atoms with E-state index in [0.29, 0.717) is 18.1 Å². The van der Waals surface area contributed by atoms with Crippen molar-refractivity contribution in [3.63, 3.8) is 0 Å². The molecule has 0 aromatic carbocycles. The van der Waals surface area contributed by atoms with Crippen molar-refractivity contribution in [2.45, 2.75) is 38.9 Å². The quantitative estimate of drug-likeness (QED) is 0.596. The van der Waals surface area contributed by atoms with Crippen LogP contribution in [0.4, 0.5) is 0 Å². The number of hydrogen-bond acceptors (Lipinski definition) is 2. The van der Waals surface area contributed by atoms with Crippen molar-refractivity contribution < 1.29 is 0 Å². The molecule has 2 rings (SSSR count). The molecule has 0 N–H and O–H groups in total. The highest BCUT2D eigenvalue weighted by molar-refractivity contribution is 5.62. The Morgan fingerprint density at radius 3 is 2.92 bits per heavy atom. The molecule has 0 radical (unpaired) electrons. The smallest absolute Gasteiger partial charge is 0.0942 e. The molecule has 70 valence electrons. The van der Waals surface area contributed by atoms with Crippen LogP contribution in [0.3, 0.4) is 0 Å². The van der Waals surface area contributed by atoms with E-state index in [-0.39, 0.29) is 0 Å². The zero-order valence-electron chi connectivity index (χ0n) is 8.44. The lowest BCUT2D eigenvalue weighted by molar-refractivity contribution is 0.317. The highest BCUT2D eigenvalue weighted by Crippen LogP contribution is 2.23. The molecule has 1 aliphatic carbocycles. The molecule has 0 spiro atoms. The third-order valence-electron chi connectivity index (χ3n) is 2.65. The van der Waals surface area contributed by atoms with Gasteiger partial charge in [0.1, 0.15) is 0 Å². The molecule has 1 aliphatic heterocycles. The first-order chi connectivity index (χ1) is 6.18. The number of allylic oxidation sites excluding steroid dienone is 2. The van der Waals surface area contributed by atoms with Crippen molar-refractivity contribution in [3.8, 4) is 0 Å². The minimum atomic E-state index is 0.354. The second-order valence-corrected chi connectivity index (χ2v) is 4.06. The van der Waals surface area contributed by atoms with Gasteiger partial charge < -0.3 is 4.90 Å². The summed E-state index contributed by atoms with van der Waals surface area (Å²) in [5.74, 6) is 0. The van der Waals surface area contributed by atoms with E-state index in [1.165, 1.54) is 5.57 Å². The molecule has 2 aliphatic rings. The van der Waals surface area contributed by atoms with Gasteiger partial charge >= 0.3 is 0 Å². The summed E-state index contributed by atoms with van der Waals surface area (Å²) in [6.07, 6.45) is 8.67. The van der Waals surface area contributed by atoms with Gasteiger partial charge in [0.15, 0.2) is 0 Å². The molecule has 0 aromatic heterocycles. The standard InChI is InChI=1S/C11H16N2/c1-8(2)13-7-12-10-6-9(3)4-5-11(10)13/h4-8,10-11H,1-3H3. The van der Waals surface area contributed by atoms with Crippen LogP contribution >= 0.6 is 0 Å². The van der Waals surface area contributed by atoms with Crippen molar-refractivity contribution >= 4 is 6.34 Å². The predicted molar refractivity (Wildman–Crippen MR) is 55.9 cm³/mol. The summed E-state index contributed by atoms with van der Waals surface area (Å²) in [7, 11) is 0. The Labute approximate surface area is 79.7 Å². The van der Waals surface area contributed by atoms with Gasteiger partial charge in [-0.2, -0.15) is 0 Å². The molecule has 0 saturated heterocycles. The summed E-state index contributed by atoms with van der Waals surface area (Å²) in [4.78, 5) is 6.79. The highest BCUT2D eigenvalue weighted by atomic mass is 15.3. The number of fused-ring (bicyclic) bond motifs is 1. The Hall–Kier alpha value is -1.05. The average Bonchev–Trinajstić information content (AvgIpc) is 2.46. The fourth-order valence-electron chi connectivity index (χ4n) is 1.90. The van der Waals surface area contributed by atoms with Gasteiger partial charge in [0.25, 0.3) is 0 Å². The predicted octanol–water partition coefficient (Wildman–Crippen LogP) is 1.99. The number of hydrogen-bond donors (Lipinski definition) is 0. The summed E-state index contributed by atoms with van der Waals surface area (Å²) in [6, 6.07) is 1.35. The Bertz CT molecular complexity index is 286. The van der Waals surface area contributed by atoms with Crippen LogP contribution < -0.4 is 0 Å². The van der Waals surface area contributed by atoms with Crippen LogP contribution in [0.2, 0.25) is 0 Å². The molecule has 0 aromatic rings. The lowest BCUT2D eigenvalue weighted by Crippen LogP contribution is -2.39. The molecule has 2 atom stereocenters. The molecule has 2 nitrogen and oxygen atoms in total. The van der Waals surface area contributed by atoms with Crippen LogP contribution in [0.1, 0.15) is 20.8 Å². The Kier molecular flexibility index (Phi) is 1.98. The van der Waals surface area contributed by atoms with Crippen LogP contribution in [0, 0.1) is 0 Å². The van der Waals surface area contributed by atoms with Gasteiger partial charge in [-0.25, -0.2) is 0 Å². The van der Waals surface area contributed by atoms with Gasteiger partial charge in [0.05, 0.1) is 18.4 Å². The van der Waals surface area contributed by atoms with Crippen LogP contribution in [-0.2, 0) is 0 Å². The molecular weight excluding hydrogens is 160 g/mol.